The van der Waals surface area contributed by atoms with Gasteiger partial charge in [-0.25, -0.2) is 0 Å². The molecule has 0 heterocycles. The van der Waals surface area contributed by atoms with Crippen molar-refractivity contribution in [1.29, 1.82) is 0 Å². The van der Waals surface area contributed by atoms with Gasteiger partial charge in [0.1, 0.15) is 0 Å². The molecule has 4 heteroatoms. The van der Waals surface area contributed by atoms with Crippen LogP contribution in [0.5, 0.6) is 0 Å². The predicted molar refractivity (Wildman–Crippen MR) is 46.8 cm³/mol. The van der Waals surface area contributed by atoms with E-state index in [0.29, 0.717) is 0 Å². The van der Waals surface area contributed by atoms with Crippen LogP contribution in [0, 0.1) is 0 Å². The smallest absolute Gasteiger partial charge is 0.303 e. The number of nitrogens with zero attached hydrogens (tertiary/aromatic N) is 1. The molecule has 10 heavy (non-hydrogen) atoms. The fraction of sp³-hybridized carbons (Fsp3) is 1.00. The van der Waals surface area contributed by atoms with Crippen LogP contribution in [0.3, 0.4) is 0 Å². The van der Waals surface area contributed by atoms with Gasteiger partial charge in [-0.1, -0.05) is 6.92 Å². The van der Waals surface area contributed by atoms with Gasteiger partial charge < -0.3 is 13.8 Å². The van der Waals surface area contributed by atoms with E-state index in [2.05, 4.69) is 34.8 Å². The maximum atomic E-state index is 4.61. The van der Waals surface area contributed by atoms with Crippen molar-refractivity contribution in [2.75, 3.05) is 34.9 Å². The van der Waals surface area contributed by atoms with E-state index in [4.69, 9.17) is 0 Å². The number of hydrogen-bond acceptors (Lipinski definition) is 3. The lowest BCUT2D eigenvalue weighted by atomic mass is 10.7. The summed E-state index contributed by atoms with van der Waals surface area (Å²) in [7, 11) is 6.84. The first-order valence-electron chi connectivity index (χ1n) is 3.31. The zero-order valence-corrected chi connectivity index (χ0v) is 9.09. The van der Waals surface area contributed by atoms with Crippen LogP contribution in [0.1, 0.15) is 6.92 Å². The second-order valence-electron chi connectivity index (χ2n) is 2.09. The minimum atomic E-state index is -0.568. The van der Waals surface area contributed by atoms with E-state index in [9.17, 15) is 0 Å². The van der Waals surface area contributed by atoms with Crippen molar-refractivity contribution in [2.24, 2.45) is 0 Å². The Morgan fingerprint density at radius 2 is 1.50 bits per heavy atom. The third-order valence-corrected chi connectivity index (χ3v) is 1.34. The highest BCUT2D eigenvalue weighted by Gasteiger charge is 1.72. The molecule has 0 aromatic heterocycles. The van der Waals surface area contributed by atoms with E-state index >= 15 is 0 Å². The van der Waals surface area contributed by atoms with Gasteiger partial charge in [0.05, 0.1) is 0 Å². The van der Waals surface area contributed by atoms with Gasteiger partial charge >= 0.3 is 10.0 Å². The SMILES string of the molecule is CCN(C)C.CO[SiH2]OC. The molecule has 0 bridgehead atoms. The van der Waals surface area contributed by atoms with Crippen LogP contribution in [0.4, 0.5) is 0 Å². The van der Waals surface area contributed by atoms with E-state index in [1.54, 1.807) is 14.2 Å². The van der Waals surface area contributed by atoms with Crippen LogP contribution in [0.2, 0.25) is 0 Å². The Bertz CT molecular complexity index is 51.0. The molecule has 0 amide bonds. The van der Waals surface area contributed by atoms with Crippen LogP contribution in [-0.2, 0) is 8.85 Å². The summed E-state index contributed by atoms with van der Waals surface area (Å²) in [6.45, 7) is 3.26. The Balaban J connectivity index is 0. The molecular weight excluding hydrogens is 146 g/mol. The van der Waals surface area contributed by atoms with Crippen molar-refractivity contribution < 1.29 is 8.85 Å². The topological polar surface area (TPSA) is 21.7 Å². The summed E-state index contributed by atoms with van der Waals surface area (Å²) in [6, 6.07) is 0. The average molecular weight is 165 g/mol. The van der Waals surface area contributed by atoms with E-state index < -0.39 is 10.0 Å². The Kier molecular flexibility index (Phi) is 15.1. The van der Waals surface area contributed by atoms with Crippen molar-refractivity contribution in [3.05, 3.63) is 0 Å². The summed E-state index contributed by atoms with van der Waals surface area (Å²) in [5.41, 5.74) is 0. The molecule has 0 aromatic carbocycles. The molecule has 0 aliphatic rings. The molecule has 0 atom stereocenters. The average Bonchev–Trinajstić information content (AvgIpc) is 1.91. The van der Waals surface area contributed by atoms with Crippen LogP contribution >= 0.6 is 0 Å². The molecular formula is C6H19NO2Si. The van der Waals surface area contributed by atoms with Crippen molar-refractivity contribution in [3.63, 3.8) is 0 Å². The largest absolute Gasteiger partial charge is 0.402 e. The van der Waals surface area contributed by atoms with E-state index in [1.807, 2.05) is 0 Å². The van der Waals surface area contributed by atoms with Crippen molar-refractivity contribution in [2.45, 2.75) is 6.92 Å². The standard InChI is InChI=1S/C4H11N.C2H8O2Si/c1-4-5(2)3;1-3-5-4-2/h4H2,1-3H3;5H2,1-2H3. The second kappa shape index (κ2) is 11.8. The predicted octanol–water partition coefficient (Wildman–Crippen LogP) is -0.154. The van der Waals surface area contributed by atoms with E-state index in [1.165, 1.54) is 0 Å². The van der Waals surface area contributed by atoms with Crippen LogP contribution in [0.15, 0.2) is 0 Å². The van der Waals surface area contributed by atoms with Gasteiger partial charge in [-0.3, -0.25) is 0 Å². The molecule has 0 saturated carbocycles. The molecule has 0 spiro atoms. The van der Waals surface area contributed by atoms with Gasteiger partial charge in [-0.05, 0) is 20.6 Å². The van der Waals surface area contributed by atoms with Crippen molar-refractivity contribution in [1.82, 2.24) is 4.90 Å². The normalized spacial score (nSPS) is 9.00. The lowest BCUT2D eigenvalue weighted by Crippen LogP contribution is -2.08. The highest BCUT2D eigenvalue weighted by molar-refractivity contribution is 6.17. The van der Waals surface area contributed by atoms with E-state index in [0.717, 1.165) is 6.54 Å². The van der Waals surface area contributed by atoms with E-state index in [-0.39, 0.29) is 0 Å². The van der Waals surface area contributed by atoms with Gasteiger partial charge in [0.25, 0.3) is 0 Å². The van der Waals surface area contributed by atoms with Crippen molar-refractivity contribution in [3.8, 4) is 0 Å². The third-order valence-electron chi connectivity index (χ3n) is 0.868. The monoisotopic (exact) mass is 165 g/mol. The summed E-state index contributed by atoms with van der Waals surface area (Å²) < 4.78 is 9.22. The molecule has 0 aromatic rings. The summed E-state index contributed by atoms with van der Waals surface area (Å²) in [5.74, 6) is 0. The number of rotatable bonds is 3. The maximum Gasteiger partial charge on any atom is 0.303 e. The van der Waals surface area contributed by atoms with Gasteiger partial charge in [0.2, 0.25) is 0 Å². The first-order chi connectivity index (χ1) is 4.68. The molecule has 0 rings (SSSR count). The van der Waals surface area contributed by atoms with Gasteiger partial charge in [-0.2, -0.15) is 0 Å². The van der Waals surface area contributed by atoms with Gasteiger partial charge in [0, 0.05) is 14.2 Å². The minimum absolute atomic E-state index is 0.568. The molecule has 0 N–H and O–H groups in total. The zero-order valence-electron chi connectivity index (χ0n) is 7.68. The van der Waals surface area contributed by atoms with Gasteiger partial charge in [-0.15, -0.1) is 0 Å². The van der Waals surface area contributed by atoms with Crippen LogP contribution in [-0.4, -0.2) is 49.8 Å². The van der Waals surface area contributed by atoms with Crippen molar-refractivity contribution >= 4 is 10.0 Å². The Morgan fingerprint density at radius 3 is 1.50 bits per heavy atom. The number of hydrogen-bond donors (Lipinski definition) is 0. The van der Waals surface area contributed by atoms with Crippen LogP contribution < -0.4 is 0 Å². The summed E-state index contributed by atoms with van der Waals surface area (Å²) >= 11 is 0. The molecule has 0 radical (unpaired) electrons. The molecule has 0 saturated heterocycles. The lowest BCUT2D eigenvalue weighted by Gasteiger charge is -2.00. The summed E-state index contributed by atoms with van der Waals surface area (Å²) in [5, 5.41) is 0. The van der Waals surface area contributed by atoms with Gasteiger partial charge in [0.15, 0.2) is 0 Å². The highest BCUT2D eigenvalue weighted by atomic mass is 28.3. The minimum Gasteiger partial charge on any atom is -0.402 e. The molecule has 0 fully saturated rings. The molecule has 0 unspecified atom stereocenters. The fourth-order valence-corrected chi connectivity index (χ4v) is 0.354. The Labute approximate surface area is 66.4 Å². The fourth-order valence-electron chi connectivity index (χ4n) is 0.118. The summed E-state index contributed by atoms with van der Waals surface area (Å²) in [4.78, 5) is 2.12. The zero-order chi connectivity index (χ0) is 8.41. The lowest BCUT2D eigenvalue weighted by molar-refractivity contribution is 0.309. The highest BCUT2D eigenvalue weighted by Crippen LogP contribution is 1.63. The Hall–Kier alpha value is 0.0969. The second-order valence-corrected chi connectivity index (χ2v) is 3.48. The molecule has 0 aliphatic heterocycles. The molecule has 3 nitrogen and oxygen atoms in total. The third kappa shape index (κ3) is 24.3. The molecule has 0 aliphatic carbocycles. The maximum absolute atomic E-state index is 4.61. The first-order valence-corrected chi connectivity index (χ1v) is 4.47. The molecule has 64 valence electrons. The Morgan fingerprint density at radius 1 is 1.20 bits per heavy atom. The quantitative estimate of drug-likeness (QED) is 0.543. The summed E-state index contributed by atoms with van der Waals surface area (Å²) in [6.07, 6.45) is 0. The first kappa shape index (κ1) is 12.7. The van der Waals surface area contributed by atoms with Crippen LogP contribution in [0.25, 0.3) is 0 Å².